The fraction of sp³-hybridized carbons (Fsp3) is 0.400. The van der Waals surface area contributed by atoms with Crippen LogP contribution >= 0.6 is 11.6 Å². The number of hydrogen-bond donors (Lipinski definition) is 0. The number of nitrogens with zero attached hydrogens (tertiary/aromatic N) is 4. The summed E-state index contributed by atoms with van der Waals surface area (Å²) >= 11 is 6.01. The highest BCUT2D eigenvalue weighted by Crippen LogP contribution is 2.27. The Bertz CT molecular complexity index is 718. The molecule has 23 heavy (non-hydrogen) atoms. The molecule has 0 N–H and O–H groups in total. The second-order valence-corrected chi connectivity index (χ2v) is 5.67. The molecule has 1 atom stereocenters. The van der Waals surface area contributed by atoms with Crippen molar-refractivity contribution in [2.75, 3.05) is 26.8 Å². The number of carbonyl (C=O) groups excluding carboxylic acids is 1. The molecule has 1 aliphatic heterocycles. The summed E-state index contributed by atoms with van der Waals surface area (Å²) in [6, 6.07) is 5.01. The summed E-state index contributed by atoms with van der Waals surface area (Å²) in [7, 11) is 3.37. The molecule has 0 spiro atoms. The van der Waals surface area contributed by atoms with E-state index < -0.39 is 0 Å². The topological polar surface area (TPSA) is 69.5 Å². The number of benzene rings is 1. The SMILES string of the molecule is COc1cc(C(=O)N2CCO[C@@H](c3nncn3C)C2)ccc1Cl. The molecular formula is C15H17ClN4O3. The first-order valence-electron chi connectivity index (χ1n) is 7.18. The van der Waals surface area contributed by atoms with Crippen LogP contribution in [0.1, 0.15) is 22.3 Å². The zero-order chi connectivity index (χ0) is 16.4. The Morgan fingerprint density at radius 3 is 3.00 bits per heavy atom. The number of aryl methyl sites for hydroxylation is 1. The van der Waals surface area contributed by atoms with E-state index in [0.29, 0.717) is 41.9 Å². The molecule has 0 saturated carbocycles. The lowest BCUT2D eigenvalue weighted by Crippen LogP contribution is -2.42. The smallest absolute Gasteiger partial charge is 0.254 e. The molecule has 3 rings (SSSR count). The molecule has 122 valence electrons. The third-order valence-electron chi connectivity index (χ3n) is 3.79. The molecule has 1 aliphatic rings. The van der Waals surface area contributed by atoms with E-state index in [1.165, 1.54) is 7.11 Å². The predicted molar refractivity (Wildman–Crippen MR) is 83.6 cm³/mol. The number of carbonyl (C=O) groups is 1. The van der Waals surface area contributed by atoms with Crippen LogP contribution < -0.4 is 4.74 Å². The number of hydrogen-bond acceptors (Lipinski definition) is 5. The number of morpholine rings is 1. The van der Waals surface area contributed by atoms with Gasteiger partial charge in [-0.2, -0.15) is 0 Å². The van der Waals surface area contributed by atoms with Gasteiger partial charge in [-0.25, -0.2) is 0 Å². The molecule has 1 fully saturated rings. The molecule has 2 heterocycles. The van der Waals surface area contributed by atoms with E-state index in [1.54, 1.807) is 34.0 Å². The maximum Gasteiger partial charge on any atom is 0.254 e. The highest BCUT2D eigenvalue weighted by molar-refractivity contribution is 6.32. The van der Waals surface area contributed by atoms with E-state index in [2.05, 4.69) is 10.2 Å². The minimum absolute atomic E-state index is 0.0876. The fourth-order valence-electron chi connectivity index (χ4n) is 2.55. The average molecular weight is 337 g/mol. The normalized spacial score (nSPS) is 18.0. The first kappa shape index (κ1) is 15.8. The van der Waals surface area contributed by atoms with Gasteiger partial charge in [-0.15, -0.1) is 10.2 Å². The second-order valence-electron chi connectivity index (χ2n) is 5.26. The number of ether oxygens (including phenoxy) is 2. The van der Waals surface area contributed by atoms with Crippen molar-refractivity contribution in [3.63, 3.8) is 0 Å². The lowest BCUT2D eigenvalue weighted by Gasteiger charge is -2.32. The minimum Gasteiger partial charge on any atom is -0.495 e. The van der Waals surface area contributed by atoms with Crippen molar-refractivity contribution in [1.29, 1.82) is 0 Å². The summed E-state index contributed by atoms with van der Waals surface area (Å²) in [6.45, 7) is 1.41. The van der Waals surface area contributed by atoms with Gasteiger partial charge in [-0.1, -0.05) is 11.6 Å². The van der Waals surface area contributed by atoms with Crippen LogP contribution in [0.2, 0.25) is 5.02 Å². The van der Waals surface area contributed by atoms with Crippen LogP contribution in [0.3, 0.4) is 0 Å². The summed E-state index contributed by atoms with van der Waals surface area (Å²) in [5.74, 6) is 1.10. The quantitative estimate of drug-likeness (QED) is 0.853. The van der Waals surface area contributed by atoms with Gasteiger partial charge in [-0.05, 0) is 18.2 Å². The van der Waals surface area contributed by atoms with Crippen LogP contribution in [0.15, 0.2) is 24.5 Å². The number of rotatable bonds is 3. The molecule has 1 amide bonds. The molecule has 2 aromatic rings. The molecule has 8 heteroatoms. The van der Waals surface area contributed by atoms with E-state index in [-0.39, 0.29) is 12.0 Å². The van der Waals surface area contributed by atoms with E-state index >= 15 is 0 Å². The van der Waals surface area contributed by atoms with Crippen LogP contribution in [-0.2, 0) is 11.8 Å². The zero-order valence-electron chi connectivity index (χ0n) is 12.9. The third-order valence-corrected chi connectivity index (χ3v) is 4.10. The van der Waals surface area contributed by atoms with Crippen LogP contribution in [0.5, 0.6) is 5.75 Å². The van der Waals surface area contributed by atoms with E-state index in [4.69, 9.17) is 21.1 Å². The van der Waals surface area contributed by atoms with Gasteiger partial charge in [0.15, 0.2) is 5.82 Å². The Kier molecular flexibility index (Phi) is 4.49. The zero-order valence-corrected chi connectivity index (χ0v) is 13.7. The molecule has 1 aromatic carbocycles. The van der Waals surface area contributed by atoms with Crippen LogP contribution in [-0.4, -0.2) is 52.4 Å². The van der Waals surface area contributed by atoms with Crippen molar-refractivity contribution in [2.24, 2.45) is 7.05 Å². The Balaban J connectivity index is 1.78. The van der Waals surface area contributed by atoms with Gasteiger partial charge in [0.1, 0.15) is 18.2 Å². The molecule has 0 bridgehead atoms. The maximum atomic E-state index is 12.7. The molecule has 0 radical (unpaired) electrons. The summed E-state index contributed by atoms with van der Waals surface area (Å²) in [6.07, 6.45) is 1.33. The average Bonchev–Trinajstić information content (AvgIpc) is 3.01. The fourth-order valence-corrected chi connectivity index (χ4v) is 2.74. The van der Waals surface area contributed by atoms with Crippen molar-refractivity contribution >= 4 is 17.5 Å². The monoisotopic (exact) mass is 336 g/mol. The Morgan fingerprint density at radius 1 is 1.48 bits per heavy atom. The lowest BCUT2D eigenvalue weighted by molar-refractivity contribution is -0.0281. The van der Waals surface area contributed by atoms with Gasteiger partial charge in [-0.3, -0.25) is 4.79 Å². The van der Waals surface area contributed by atoms with Crippen molar-refractivity contribution < 1.29 is 14.3 Å². The van der Waals surface area contributed by atoms with Crippen LogP contribution in [0.25, 0.3) is 0 Å². The second kappa shape index (κ2) is 6.55. The van der Waals surface area contributed by atoms with Gasteiger partial charge in [0.05, 0.1) is 25.3 Å². The van der Waals surface area contributed by atoms with Crippen molar-refractivity contribution in [3.8, 4) is 5.75 Å². The molecule has 0 unspecified atom stereocenters. The Labute approximate surface area is 138 Å². The van der Waals surface area contributed by atoms with Crippen molar-refractivity contribution in [1.82, 2.24) is 19.7 Å². The third kappa shape index (κ3) is 3.16. The molecular weight excluding hydrogens is 320 g/mol. The van der Waals surface area contributed by atoms with Gasteiger partial charge in [0.25, 0.3) is 5.91 Å². The van der Waals surface area contributed by atoms with Crippen LogP contribution in [0.4, 0.5) is 0 Å². The Hall–Kier alpha value is -2.12. The first-order chi connectivity index (χ1) is 11.1. The van der Waals surface area contributed by atoms with Crippen LogP contribution in [0, 0.1) is 0 Å². The van der Waals surface area contributed by atoms with Gasteiger partial charge < -0.3 is 18.9 Å². The van der Waals surface area contributed by atoms with Gasteiger partial charge >= 0.3 is 0 Å². The first-order valence-corrected chi connectivity index (χ1v) is 7.56. The van der Waals surface area contributed by atoms with Crippen molar-refractivity contribution in [3.05, 3.63) is 40.9 Å². The Morgan fingerprint density at radius 2 is 2.30 bits per heavy atom. The van der Waals surface area contributed by atoms with E-state index in [9.17, 15) is 4.79 Å². The number of methoxy groups -OCH3 is 1. The maximum absolute atomic E-state index is 12.7. The molecule has 0 aliphatic carbocycles. The summed E-state index contributed by atoms with van der Waals surface area (Å²) in [4.78, 5) is 14.4. The molecule has 7 nitrogen and oxygen atoms in total. The van der Waals surface area contributed by atoms with Crippen molar-refractivity contribution in [2.45, 2.75) is 6.10 Å². The standard InChI is InChI=1S/C15H17ClN4O3/c1-19-9-17-18-14(19)13-8-20(5-6-23-13)15(21)10-3-4-11(16)12(7-10)22-2/h3-4,7,9,13H,5-6,8H2,1-2H3/t13-/m1/s1. The minimum atomic E-state index is -0.283. The summed E-state index contributed by atoms with van der Waals surface area (Å²) in [5.41, 5.74) is 0.532. The molecule has 1 saturated heterocycles. The number of amides is 1. The number of halogens is 1. The molecule has 1 aromatic heterocycles. The number of aromatic nitrogens is 3. The van der Waals surface area contributed by atoms with Gasteiger partial charge in [0, 0.05) is 19.2 Å². The summed E-state index contributed by atoms with van der Waals surface area (Å²) in [5, 5.41) is 8.39. The van der Waals surface area contributed by atoms with Gasteiger partial charge in [0.2, 0.25) is 0 Å². The van der Waals surface area contributed by atoms with E-state index in [1.807, 2.05) is 7.05 Å². The van der Waals surface area contributed by atoms with E-state index in [0.717, 1.165) is 0 Å². The lowest BCUT2D eigenvalue weighted by atomic mass is 10.1. The summed E-state index contributed by atoms with van der Waals surface area (Å²) < 4.78 is 12.7. The highest BCUT2D eigenvalue weighted by atomic mass is 35.5. The largest absolute Gasteiger partial charge is 0.495 e. The highest BCUT2D eigenvalue weighted by Gasteiger charge is 2.29. The predicted octanol–water partition coefficient (Wildman–Crippen LogP) is 1.69.